The Bertz CT molecular complexity index is 434. The van der Waals surface area contributed by atoms with Crippen molar-refractivity contribution in [1.82, 2.24) is 0 Å². The first-order valence-electron chi connectivity index (χ1n) is 4.47. The van der Waals surface area contributed by atoms with E-state index >= 15 is 0 Å². The number of hydrogen-bond donors (Lipinski definition) is 1. The van der Waals surface area contributed by atoms with Crippen LogP contribution in [0.5, 0.6) is 5.75 Å². The van der Waals surface area contributed by atoms with Crippen LogP contribution in [0, 0.1) is 0 Å². The number of carbonyl (C=O) groups excluding carboxylic acids is 1. The van der Waals surface area contributed by atoms with Crippen molar-refractivity contribution in [2.45, 2.75) is 6.04 Å². The Labute approximate surface area is 92.6 Å². The van der Waals surface area contributed by atoms with Gasteiger partial charge in [-0.2, -0.15) is 0 Å². The van der Waals surface area contributed by atoms with Crippen LogP contribution in [0.15, 0.2) is 12.1 Å². The standard InChI is InChI=1S/C10H11ClN2O2/c1-13-9-5(11)3-4-6(15-2)7(9)8(12)10(13)14/h3-4,8H,12H2,1-2H3. The maximum absolute atomic E-state index is 11.7. The number of likely N-dealkylation sites (N-methyl/N-ethyl adjacent to an activating group) is 1. The van der Waals surface area contributed by atoms with Crippen LogP contribution in [-0.4, -0.2) is 20.1 Å². The second-order valence-electron chi connectivity index (χ2n) is 3.39. The van der Waals surface area contributed by atoms with Crippen molar-refractivity contribution in [2.75, 3.05) is 19.1 Å². The highest BCUT2D eigenvalue weighted by Gasteiger charge is 2.36. The summed E-state index contributed by atoms with van der Waals surface area (Å²) in [7, 11) is 3.19. The molecule has 1 aromatic carbocycles. The number of nitrogens with zero attached hydrogens (tertiary/aromatic N) is 1. The van der Waals surface area contributed by atoms with E-state index in [1.807, 2.05) is 0 Å². The second-order valence-corrected chi connectivity index (χ2v) is 3.79. The fourth-order valence-corrected chi connectivity index (χ4v) is 2.12. The number of amides is 1. The molecule has 1 heterocycles. The summed E-state index contributed by atoms with van der Waals surface area (Å²) in [5.74, 6) is 0.427. The summed E-state index contributed by atoms with van der Waals surface area (Å²) in [4.78, 5) is 13.1. The van der Waals surface area contributed by atoms with E-state index < -0.39 is 6.04 Å². The maximum atomic E-state index is 11.7. The van der Waals surface area contributed by atoms with Gasteiger partial charge in [-0.3, -0.25) is 4.79 Å². The fourth-order valence-electron chi connectivity index (χ4n) is 1.82. The molecule has 1 unspecified atom stereocenters. The largest absolute Gasteiger partial charge is 0.496 e. The highest BCUT2D eigenvalue weighted by Crippen LogP contribution is 2.44. The van der Waals surface area contributed by atoms with Gasteiger partial charge in [-0.1, -0.05) is 11.6 Å². The number of nitrogens with two attached hydrogens (primary N) is 1. The van der Waals surface area contributed by atoms with Gasteiger partial charge in [0.25, 0.3) is 0 Å². The molecule has 15 heavy (non-hydrogen) atoms. The lowest BCUT2D eigenvalue weighted by Gasteiger charge is -2.12. The van der Waals surface area contributed by atoms with E-state index in [4.69, 9.17) is 22.1 Å². The van der Waals surface area contributed by atoms with Gasteiger partial charge in [0, 0.05) is 12.6 Å². The molecule has 4 nitrogen and oxygen atoms in total. The molecule has 0 aromatic heterocycles. The molecule has 0 saturated carbocycles. The number of anilines is 1. The molecule has 0 aliphatic carbocycles. The van der Waals surface area contributed by atoms with Crippen molar-refractivity contribution >= 4 is 23.2 Å². The molecule has 5 heteroatoms. The number of hydrogen-bond acceptors (Lipinski definition) is 3. The normalized spacial score (nSPS) is 19.3. The van der Waals surface area contributed by atoms with Crippen LogP contribution in [-0.2, 0) is 4.79 Å². The monoisotopic (exact) mass is 226 g/mol. The summed E-state index contributed by atoms with van der Waals surface area (Å²) < 4.78 is 5.16. The van der Waals surface area contributed by atoms with Crippen molar-refractivity contribution in [3.63, 3.8) is 0 Å². The molecule has 0 bridgehead atoms. The molecule has 1 aromatic rings. The summed E-state index contributed by atoms with van der Waals surface area (Å²) in [6.45, 7) is 0. The van der Waals surface area contributed by atoms with Crippen molar-refractivity contribution in [2.24, 2.45) is 5.73 Å². The van der Waals surface area contributed by atoms with Crippen LogP contribution < -0.4 is 15.4 Å². The lowest BCUT2D eigenvalue weighted by Crippen LogP contribution is -2.28. The Kier molecular flexibility index (Phi) is 2.32. The average Bonchev–Trinajstić information content (AvgIpc) is 2.46. The minimum Gasteiger partial charge on any atom is -0.496 e. The van der Waals surface area contributed by atoms with Gasteiger partial charge in [0.1, 0.15) is 11.8 Å². The number of benzene rings is 1. The first kappa shape index (κ1) is 10.3. The van der Waals surface area contributed by atoms with Gasteiger partial charge < -0.3 is 15.4 Å². The van der Waals surface area contributed by atoms with Crippen LogP contribution in [0.1, 0.15) is 11.6 Å². The van der Waals surface area contributed by atoms with Crippen LogP contribution in [0.4, 0.5) is 5.69 Å². The minimum absolute atomic E-state index is 0.170. The van der Waals surface area contributed by atoms with E-state index in [-0.39, 0.29) is 5.91 Å². The molecule has 1 aliphatic rings. The lowest BCUT2D eigenvalue weighted by atomic mass is 10.1. The number of methoxy groups -OCH3 is 1. The van der Waals surface area contributed by atoms with Gasteiger partial charge >= 0.3 is 0 Å². The van der Waals surface area contributed by atoms with Gasteiger partial charge in [0.05, 0.1) is 17.8 Å². The number of halogens is 1. The third-order valence-electron chi connectivity index (χ3n) is 2.59. The van der Waals surface area contributed by atoms with Crippen molar-refractivity contribution in [1.29, 1.82) is 0 Å². The lowest BCUT2D eigenvalue weighted by molar-refractivity contribution is -0.118. The quantitative estimate of drug-likeness (QED) is 0.786. The molecular formula is C10H11ClN2O2. The maximum Gasteiger partial charge on any atom is 0.248 e. The van der Waals surface area contributed by atoms with Gasteiger partial charge in [-0.25, -0.2) is 0 Å². The fraction of sp³-hybridized carbons (Fsp3) is 0.300. The van der Waals surface area contributed by atoms with Crippen LogP contribution in [0.2, 0.25) is 5.02 Å². The summed E-state index contributed by atoms with van der Waals surface area (Å²) >= 11 is 6.02. The van der Waals surface area contributed by atoms with Crippen molar-refractivity contribution < 1.29 is 9.53 Å². The molecule has 80 valence electrons. The molecule has 0 spiro atoms. The third-order valence-corrected chi connectivity index (χ3v) is 2.90. The molecule has 0 saturated heterocycles. The Morgan fingerprint density at radius 2 is 2.20 bits per heavy atom. The van der Waals surface area contributed by atoms with Crippen molar-refractivity contribution in [3.8, 4) is 5.75 Å². The molecule has 0 fully saturated rings. The van der Waals surface area contributed by atoms with Crippen LogP contribution in [0.3, 0.4) is 0 Å². The predicted molar refractivity (Wildman–Crippen MR) is 58.3 cm³/mol. The molecule has 1 amide bonds. The first-order valence-corrected chi connectivity index (χ1v) is 4.85. The van der Waals surface area contributed by atoms with E-state index in [1.54, 1.807) is 26.3 Å². The topological polar surface area (TPSA) is 55.6 Å². The number of carbonyl (C=O) groups is 1. The van der Waals surface area contributed by atoms with Crippen molar-refractivity contribution in [3.05, 3.63) is 22.7 Å². The second kappa shape index (κ2) is 3.40. The van der Waals surface area contributed by atoms with E-state index in [0.29, 0.717) is 22.0 Å². The zero-order valence-electron chi connectivity index (χ0n) is 8.45. The third kappa shape index (κ3) is 1.29. The molecule has 0 radical (unpaired) electrons. The molecule has 2 N–H and O–H groups in total. The first-order chi connectivity index (χ1) is 7.07. The summed E-state index contributed by atoms with van der Waals surface area (Å²) in [5.41, 5.74) is 7.11. The zero-order valence-corrected chi connectivity index (χ0v) is 9.21. The minimum atomic E-state index is -0.682. The number of ether oxygens (including phenoxy) is 1. The predicted octanol–water partition coefficient (Wildman–Crippen LogP) is 1.32. The van der Waals surface area contributed by atoms with Crippen LogP contribution >= 0.6 is 11.6 Å². The highest BCUT2D eigenvalue weighted by atomic mass is 35.5. The van der Waals surface area contributed by atoms with Gasteiger partial charge in [-0.05, 0) is 12.1 Å². The van der Waals surface area contributed by atoms with Gasteiger partial charge in [-0.15, -0.1) is 0 Å². The van der Waals surface area contributed by atoms with E-state index in [0.717, 1.165) is 0 Å². The SMILES string of the molecule is COc1ccc(Cl)c2c1C(N)C(=O)N2C. The van der Waals surface area contributed by atoms with E-state index in [1.165, 1.54) is 4.90 Å². The van der Waals surface area contributed by atoms with E-state index in [2.05, 4.69) is 0 Å². The Morgan fingerprint density at radius 3 is 2.80 bits per heavy atom. The molecule has 2 rings (SSSR count). The van der Waals surface area contributed by atoms with Gasteiger partial charge in [0.15, 0.2) is 0 Å². The molecule has 1 atom stereocenters. The smallest absolute Gasteiger partial charge is 0.248 e. The van der Waals surface area contributed by atoms with Crippen LogP contribution in [0.25, 0.3) is 0 Å². The Balaban J connectivity index is 2.70. The highest BCUT2D eigenvalue weighted by molar-refractivity contribution is 6.35. The Hall–Kier alpha value is -1.26. The summed E-state index contributed by atoms with van der Waals surface area (Å²) in [6, 6.07) is 2.73. The Morgan fingerprint density at radius 1 is 1.53 bits per heavy atom. The number of fused-ring (bicyclic) bond motifs is 1. The van der Waals surface area contributed by atoms with E-state index in [9.17, 15) is 4.79 Å². The zero-order chi connectivity index (χ0) is 11.2. The molecule has 1 aliphatic heterocycles. The molecular weight excluding hydrogens is 216 g/mol. The summed E-state index contributed by atoms with van der Waals surface area (Å²) in [6.07, 6.45) is 0. The average molecular weight is 227 g/mol. The van der Waals surface area contributed by atoms with Gasteiger partial charge in [0.2, 0.25) is 5.91 Å². The number of rotatable bonds is 1. The summed E-state index contributed by atoms with van der Waals surface area (Å²) in [5, 5.41) is 0.509.